The van der Waals surface area contributed by atoms with Gasteiger partial charge in [-0.3, -0.25) is 14.4 Å². The minimum absolute atomic E-state index is 0.0368. The van der Waals surface area contributed by atoms with Crippen LogP contribution in [0.2, 0.25) is 0 Å². The monoisotopic (exact) mass is 449 g/mol. The number of nitrogens with one attached hydrogen (secondary N) is 3. The molecule has 5 atom stereocenters. The molecule has 0 aromatic carbocycles. The first kappa shape index (κ1) is 28.1. The largest absolute Gasteiger partial charge is 0.480 e. The second-order valence-corrected chi connectivity index (χ2v) is 7.79. The summed E-state index contributed by atoms with van der Waals surface area (Å²) in [6.45, 7) is 5.14. The quantitative estimate of drug-likeness (QED) is 0.109. The molecule has 12 heteroatoms. The molecule has 0 aliphatic rings. The fourth-order valence-electron chi connectivity index (χ4n) is 2.44. The van der Waals surface area contributed by atoms with E-state index in [2.05, 4.69) is 28.6 Å². The van der Waals surface area contributed by atoms with E-state index in [9.17, 15) is 24.3 Å². The summed E-state index contributed by atoms with van der Waals surface area (Å²) in [6, 6.07) is -4.47. The highest BCUT2D eigenvalue weighted by Gasteiger charge is 2.31. The number of carbonyl (C=O) groups excluding carboxylic acids is 3. The van der Waals surface area contributed by atoms with Crippen LogP contribution in [0.3, 0.4) is 0 Å². The molecule has 0 aliphatic heterocycles. The van der Waals surface area contributed by atoms with Crippen LogP contribution in [-0.2, 0) is 19.2 Å². The van der Waals surface area contributed by atoms with Gasteiger partial charge in [-0.25, -0.2) is 4.79 Å². The average molecular weight is 450 g/mol. The SMILES string of the molecule is CC(C)C(N)C(=O)NC(CS)C(=O)NC(CCCCN)C(=O)NC(C(=O)O)C(C)O. The summed E-state index contributed by atoms with van der Waals surface area (Å²) in [5.41, 5.74) is 11.2. The topological polar surface area (TPSA) is 197 Å². The normalized spacial score (nSPS) is 16.1. The molecule has 0 bridgehead atoms. The Kier molecular flexibility index (Phi) is 13.3. The Morgan fingerprint density at radius 2 is 1.47 bits per heavy atom. The van der Waals surface area contributed by atoms with Crippen LogP contribution in [0, 0.1) is 5.92 Å². The number of hydrogen-bond donors (Lipinski definition) is 8. The van der Waals surface area contributed by atoms with Gasteiger partial charge in [-0.1, -0.05) is 13.8 Å². The van der Waals surface area contributed by atoms with Crippen LogP contribution in [0.4, 0.5) is 0 Å². The van der Waals surface area contributed by atoms with E-state index < -0.39 is 54.0 Å². The lowest BCUT2D eigenvalue weighted by atomic mass is 10.0. The van der Waals surface area contributed by atoms with Gasteiger partial charge in [0.15, 0.2) is 6.04 Å². The molecule has 0 rings (SSSR count). The maximum atomic E-state index is 12.6. The third-order valence-electron chi connectivity index (χ3n) is 4.46. The van der Waals surface area contributed by atoms with Crippen molar-refractivity contribution >= 4 is 36.3 Å². The molecule has 9 N–H and O–H groups in total. The zero-order valence-electron chi connectivity index (χ0n) is 17.6. The third-order valence-corrected chi connectivity index (χ3v) is 4.83. The fourth-order valence-corrected chi connectivity index (χ4v) is 2.70. The van der Waals surface area contributed by atoms with Crippen molar-refractivity contribution in [1.29, 1.82) is 0 Å². The minimum Gasteiger partial charge on any atom is -0.480 e. The summed E-state index contributed by atoms with van der Waals surface area (Å²) in [4.78, 5) is 48.6. The van der Waals surface area contributed by atoms with Crippen molar-refractivity contribution in [1.82, 2.24) is 16.0 Å². The maximum absolute atomic E-state index is 12.6. The molecule has 0 aliphatic carbocycles. The molecule has 0 aromatic rings. The molecule has 174 valence electrons. The predicted octanol–water partition coefficient (Wildman–Crippen LogP) is -2.05. The molecule has 0 saturated heterocycles. The lowest BCUT2D eigenvalue weighted by Gasteiger charge is -2.25. The second kappa shape index (κ2) is 14.2. The van der Waals surface area contributed by atoms with E-state index in [1.165, 1.54) is 6.92 Å². The lowest BCUT2D eigenvalue weighted by Crippen LogP contribution is -2.59. The second-order valence-electron chi connectivity index (χ2n) is 7.42. The van der Waals surface area contributed by atoms with Crippen LogP contribution in [-0.4, -0.2) is 76.5 Å². The third kappa shape index (κ3) is 9.74. The van der Waals surface area contributed by atoms with E-state index in [4.69, 9.17) is 16.6 Å². The summed E-state index contributed by atoms with van der Waals surface area (Å²) < 4.78 is 0. The molecular weight excluding hydrogens is 414 g/mol. The number of nitrogens with two attached hydrogens (primary N) is 2. The van der Waals surface area contributed by atoms with Crippen molar-refractivity contribution in [3.05, 3.63) is 0 Å². The van der Waals surface area contributed by atoms with E-state index in [0.717, 1.165) is 0 Å². The van der Waals surface area contributed by atoms with Crippen molar-refractivity contribution in [3.8, 4) is 0 Å². The van der Waals surface area contributed by atoms with Crippen molar-refractivity contribution < 1.29 is 29.4 Å². The fraction of sp³-hybridized carbons (Fsp3) is 0.778. The van der Waals surface area contributed by atoms with Gasteiger partial charge >= 0.3 is 5.97 Å². The average Bonchev–Trinajstić information content (AvgIpc) is 2.67. The molecule has 0 radical (unpaired) electrons. The van der Waals surface area contributed by atoms with Crippen LogP contribution in [0.25, 0.3) is 0 Å². The number of rotatable bonds is 14. The van der Waals surface area contributed by atoms with Crippen LogP contribution < -0.4 is 27.4 Å². The number of carboxylic acid groups (broad SMARTS) is 1. The Bertz CT molecular complexity index is 589. The number of carboxylic acids is 1. The number of carbonyl (C=O) groups is 4. The zero-order chi connectivity index (χ0) is 23.4. The van der Waals surface area contributed by atoms with Gasteiger partial charge in [0, 0.05) is 5.75 Å². The van der Waals surface area contributed by atoms with Crippen molar-refractivity contribution in [2.24, 2.45) is 17.4 Å². The lowest BCUT2D eigenvalue weighted by molar-refractivity contribution is -0.145. The van der Waals surface area contributed by atoms with Gasteiger partial charge in [0.05, 0.1) is 12.1 Å². The molecule has 0 saturated carbocycles. The van der Waals surface area contributed by atoms with E-state index in [0.29, 0.717) is 19.4 Å². The Hall–Kier alpha value is -1.89. The van der Waals surface area contributed by atoms with Gasteiger partial charge in [-0.05, 0) is 38.6 Å². The van der Waals surface area contributed by atoms with Gasteiger partial charge in [0.1, 0.15) is 12.1 Å². The Morgan fingerprint density at radius 3 is 1.90 bits per heavy atom. The van der Waals surface area contributed by atoms with E-state index in [1.807, 2.05) is 0 Å². The van der Waals surface area contributed by atoms with E-state index >= 15 is 0 Å². The van der Waals surface area contributed by atoms with Gasteiger partial charge in [0.2, 0.25) is 17.7 Å². The number of aliphatic carboxylic acids is 1. The molecule has 0 fully saturated rings. The minimum atomic E-state index is -1.53. The van der Waals surface area contributed by atoms with Crippen molar-refractivity contribution in [2.45, 2.75) is 70.3 Å². The number of aliphatic hydroxyl groups excluding tert-OH is 1. The molecular formula is C18H35N5O6S. The number of unbranched alkanes of at least 4 members (excludes halogenated alkanes) is 1. The van der Waals surface area contributed by atoms with Gasteiger partial charge in [-0.2, -0.15) is 12.6 Å². The summed E-state index contributed by atoms with van der Waals surface area (Å²) >= 11 is 4.07. The maximum Gasteiger partial charge on any atom is 0.328 e. The molecule has 0 aromatic heterocycles. The molecule has 5 unspecified atom stereocenters. The van der Waals surface area contributed by atoms with Crippen molar-refractivity contribution in [2.75, 3.05) is 12.3 Å². The van der Waals surface area contributed by atoms with E-state index in [-0.39, 0.29) is 18.1 Å². The van der Waals surface area contributed by atoms with Crippen LogP contribution in [0.15, 0.2) is 0 Å². The van der Waals surface area contributed by atoms with Crippen molar-refractivity contribution in [3.63, 3.8) is 0 Å². The highest BCUT2D eigenvalue weighted by Crippen LogP contribution is 2.05. The van der Waals surface area contributed by atoms with Gasteiger partial charge in [0.25, 0.3) is 0 Å². The summed E-state index contributed by atoms with van der Waals surface area (Å²) in [5, 5.41) is 25.9. The van der Waals surface area contributed by atoms with Gasteiger partial charge in [-0.15, -0.1) is 0 Å². The molecule has 11 nitrogen and oxygen atoms in total. The Morgan fingerprint density at radius 1 is 0.933 bits per heavy atom. The van der Waals surface area contributed by atoms with E-state index in [1.54, 1.807) is 13.8 Å². The van der Waals surface area contributed by atoms with Gasteiger partial charge < -0.3 is 37.6 Å². The zero-order valence-corrected chi connectivity index (χ0v) is 18.5. The molecule has 0 spiro atoms. The molecule has 30 heavy (non-hydrogen) atoms. The predicted molar refractivity (Wildman–Crippen MR) is 115 cm³/mol. The smallest absolute Gasteiger partial charge is 0.328 e. The summed E-state index contributed by atoms with van der Waals surface area (Å²) in [5.74, 6) is -3.54. The first-order valence-corrected chi connectivity index (χ1v) is 10.5. The first-order chi connectivity index (χ1) is 14.0. The first-order valence-electron chi connectivity index (χ1n) is 9.84. The van der Waals surface area contributed by atoms with Crippen LogP contribution >= 0.6 is 12.6 Å². The number of hydrogen-bond acceptors (Lipinski definition) is 8. The Labute approximate surface area is 182 Å². The van der Waals surface area contributed by atoms with Crippen LogP contribution in [0.5, 0.6) is 0 Å². The number of aliphatic hydroxyl groups is 1. The highest BCUT2D eigenvalue weighted by atomic mass is 32.1. The number of amides is 3. The Balaban J connectivity index is 5.27. The molecule has 0 heterocycles. The highest BCUT2D eigenvalue weighted by molar-refractivity contribution is 7.80. The molecule has 3 amide bonds. The standard InChI is InChI=1S/C18H35N5O6S/c1-9(2)13(20)17(27)22-12(8-30)16(26)21-11(6-4-5-7-19)15(25)23-14(10(3)24)18(28)29/h9-14,24,30H,4-8,19-20H2,1-3H3,(H,21,26)(H,22,27)(H,23,25)(H,28,29). The van der Waals surface area contributed by atoms with Crippen LogP contribution in [0.1, 0.15) is 40.0 Å². The summed E-state index contributed by atoms with van der Waals surface area (Å²) in [7, 11) is 0. The summed E-state index contributed by atoms with van der Waals surface area (Å²) in [6.07, 6.45) is -0.0558. The number of thiol groups is 1.